The fourth-order valence-corrected chi connectivity index (χ4v) is 6.00. The van der Waals surface area contributed by atoms with E-state index in [1.807, 2.05) is 6.20 Å². The summed E-state index contributed by atoms with van der Waals surface area (Å²) in [6.07, 6.45) is 36.9. The lowest BCUT2D eigenvalue weighted by Crippen LogP contribution is -2.21. The Morgan fingerprint density at radius 2 is 1.08 bits per heavy atom. The minimum atomic E-state index is 0.575. The van der Waals surface area contributed by atoms with Crippen LogP contribution >= 0.6 is 0 Å². The number of hydrogen-bond donors (Lipinski definition) is 0. The van der Waals surface area contributed by atoms with Gasteiger partial charge in [0.15, 0.2) is 0 Å². The van der Waals surface area contributed by atoms with Crippen molar-refractivity contribution in [3.05, 3.63) is 54.6 Å². The van der Waals surface area contributed by atoms with E-state index in [2.05, 4.69) is 66.3 Å². The van der Waals surface area contributed by atoms with Crippen LogP contribution in [0.2, 0.25) is 0 Å². The normalized spacial score (nSPS) is 13.1. The maximum atomic E-state index is 4.42. The summed E-state index contributed by atoms with van der Waals surface area (Å²) in [4.78, 5) is 4.42. The number of unbranched alkanes of at least 4 members (excludes halogenated alkanes) is 17. The Hall–Kier alpha value is -1.57. The number of rotatable bonds is 25. The SMILES string of the molecule is CCCCCCCCCCCCCCCCCC(Cc1ccccc1)C(CCCCCC)n1ccnc1. The van der Waals surface area contributed by atoms with E-state index in [0.717, 1.165) is 0 Å². The molecule has 1 heterocycles. The molecule has 0 radical (unpaired) electrons. The van der Waals surface area contributed by atoms with Gasteiger partial charge in [-0.2, -0.15) is 0 Å². The largest absolute Gasteiger partial charge is 0.334 e. The van der Waals surface area contributed by atoms with Crippen molar-refractivity contribution in [2.24, 2.45) is 5.92 Å². The predicted octanol–water partition coefficient (Wildman–Crippen LogP) is 11.5. The average Bonchev–Trinajstić information content (AvgIpc) is 3.46. The first-order chi connectivity index (χ1) is 18.3. The number of benzene rings is 1. The van der Waals surface area contributed by atoms with Crippen molar-refractivity contribution in [3.63, 3.8) is 0 Å². The molecular weight excluding hydrogens is 448 g/mol. The van der Waals surface area contributed by atoms with Crippen LogP contribution in [0.3, 0.4) is 0 Å². The zero-order valence-corrected chi connectivity index (χ0v) is 24.7. The van der Waals surface area contributed by atoms with Crippen molar-refractivity contribution < 1.29 is 0 Å². The second-order valence-corrected chi connectivity index (χ2v) is 11.6. The maximum Gasteiger partial charge on any atom is 0.0948 e. The summed E-state index contributed by atoms with van der Waals surface area (Å²) in [5, 5.41) is 0. The van der Waals surface area contributed by atoms with Crippen molar-refractivity contribution in [2.75, 3.05) is 0 Å². The summed E-state index contributed by atoms with van der Waals surface area (Å²) in [6, 6.07) is 11.8. The van der Waals surface area contributed by atoms with E-state index in [1.165, 1.54) is 147 Å². The van der Waals surface area contributed by atoms with Crippen LogP contribution in [0, 0.1) is 5.92 Å². The molecule has 0 aliphatic heterocycles. The van der Waals surface area contributed by atoms with Crippen LogP contribution in [-0.4, -0.2) is 9.55 Å². The molecule has 0 aliphatic carbocycles. The highest BCUT2D eigenvalue weighted by Gasteiger charge is 2.23. The lowest BCUT2D eigenvalue weighted by molar-refractivity contribution is 0.275. The first-order valence-electron chi connectivity index (χ1n) is 16.4. The second kappa shape index (κ2) is 22.4. The molecule has 2 aromatic rings. The molecule has 2 heteroatoms. The monoisotopic (exact) mass is 508 g/mol. The summed E-state index contributed by atoms with van der Waals surface area (Å²) < 4.78 is 2.42. The van der Waals surface area contributed by atoms with Crippen LogP contribution in [0.15, 0.2) is 49.1 Å². The Labute approximate surface area is 231 Å². The van der Waals surface area contributed by atoms with E-state index in [0.29, 0.717) is 12.0 Å². The van der Waals surface area contributed by atoms with Crippen LogP contribution in [0.25, 0.3) is 0 Å². The molecule has 2 nitrogen and oxygen atoms in total. The molecule has 0 spiro atoms. The summed E-state index contributed by atoms with van der Waals surface area (Å²) in [7, 11) is 0. The highest BCUT2D eigenvalue weighted by molar-refractivity contribution is 5.15. The number of imidazole rings is 1. The van der Waals surface area contributed by atoms with Crippen LogP contribution in [0.1, 0.15) is 160 Å². The van der Waals surface area contributed by atoms with E-state index >= 15 is 0 Å². The van der Waals surface area contributed by atoms with Gasteiger partial charge in [0.1, 0.15) is 0 Å². The van der Waals surface area contributed by atoms with Gasteiger partial charge in [-0.05, 0) is 30.7 Å². The van der Waals surface area contributed by atoms with Crippen LogP contribution in [0.4, 0.5) is 0 Å². The molecule has 1 aromatic carbocycles. The van der Waals surface area contributed by atoms with Gasteiger partial charge in [-0.1, -0.05) is 166 Å². The zero-order chi connectivity index (χ0) is 26.2. The molecule has 2 rings (SSSR count). The van der Waals surface area contributed by atoms with Crippen molar-refractivity contribution >= 4 is 0 Å². The van der Waals surface area contributed by atoms with Crippen molar-refractivity contribution in [3.8, 4) is 0 Å². The van der Waals surface area contributed by atoms with Crippen molar-refractivity contribution in [1.29, 1.82) is 0 Å². The fourth-order valence-electron chi connectivity index (χ4n) is 6.00. The minimum absolute atomic E-state index is 0.575. The molecule has 0 bridgehead atoms. The van der Waals surface area contributed by atoms with Crippen LogP contribution in [0.5, 0.6) is 0 Å². The molecule has 210 valence electrons. The molecule has 1 aromatic heterocycles. The van der Waals surface area contributed by atoms with Gasteiger partial charge >= 0.3 is 0 Å². The van der Waals surface area contributed by atoms with Crippen molar-refractivity contribution in [2.45, 2.75) is 161 Å². The van der Waals surface area contributed by atoms with E-state index in [1.54, 1.807) is 0 Å². The van der Waals surface area contributed by atoms with Gasteiger partial charge in [-0.15, -0.1) is 0 Å². The lowest BCUT2D eigenvalue weighted by atomic mass is 9.84. The molecule has 2 unspecified atom stereocenters. The van der Waals surface area contributed by atoms with E-state index in [-0.39, 0.29) is 0 Å². The van der Waals surface area contributed by atoms with E-state index in [9.17, 15) is 0 Å². The third-order valence-corrected chi connectivity index (χ3v) is 8.32. The summed E-state index contributed by atoms with van der Waals surface area (Å²) in [5.74, 6) is 0.695. The van der Waals surface area contributed by atoms with Gasteiger partial charge in [-0.3, -0.25) is 0 Å². The van der Waals surface area contributed by atoms with Gasteiger partial charge < -0.3 is 4.57 Å². The molecular formula is C35H60N2. The molecule has 0 saturated carbocycles. The summed E-state index contributed by atoms with van der Waals surface area (Å²) in [6.45, 7) is 4.61. The minimum Gasteiger partial charge on any atom is -0.334 e. The number of hydrogen-bond acceptors (Lipinski definition) is 1. The quantitative estimate of drug-likeness (QED) is 0.122. The van der Waals surface area contributed by atoms with Crippen LogP contribution in [-0.2, 0) is 6.42 Å². The predicted molar refractivity (Wildman–Crippen MR) is 163 cm³/mol. The van der Waals surface area contributed by atoms with E-state index in [4.69, 9.17) is 0 Å². The molecule has 0 amide bonds. The molecule has 2 atom stereocenters. The second-order valence-electron chi connectivity index (χ2n) is 11.6. The number of aromatic nitrogens is 2. The Morgan fingerprint density at radius 1 is 0.595 bits per heavy atom. The third-order valence-electron chi connectivity index (χ3n) is 8.32. The molecule has 0 fully saturated rings. The fraction of sp³-hybridized carbons (Fsp3) is 0.743. The highest BCUT2D eigenvalue weighted by Crippen LogP contribution is 2.32. The molecule has 0 saturated heterocycles. The van der Waals surface area contributed by atoms with Gasteiger partial charge in [0.05, 0.1) is 6.33 Å². The first-order valence-corrected chi connectivity index (χ1v) is 16.4. The Balaban J connectivity index is 1.67. The smallest absolute Gasteiger partial charge is 0.0948 e. The average molecular weight is 509 g/mol. The third kappa shape index (κ3) is 15.4. The first kappa shape index (κ1) is 31.6. The zero-order valence-electron chi connectivity index (χ0n) is 24.7. The molecule has 37 heavy (non-hydrogen) atoms. The van der Waals surface area contributed by atoms with Gasteiger partial charge in [-0.25, -0.2) is 4.98 Å². The topological polar surface area (TPSA) is 17.8 Å². The Kier molecular flexibility index (Phi) is 19.2. The summed E-state index contributed by atoms with van der Waals surface area (Å²) in [5.41, 5.74) is 1.49. The Bertz CT molecular complexity index is 708. The summed E-state index contributed by atoms with van der Waals surface area (Å²) >= 11 is 0. The standard InChI is InChI=1S/C35H60N2/c1-3-5-7-9-10-11-12-13-14-15-16-17-18-19-23-27-34(31-33-25-21-20-22-26-33)35(28-24-8-6-4-2)37-30-29-36-32-37/h20-22,25-26,29-30,32,34-35H,3-19,23-24,27-28,31H2,1-2H3. The van der Waals surface area contributed by atoms with Crippen LogP contribution < -0.4 is 0 Å². The van der Waals surface area contributed by atoms with Gasteiger partial charge in [0.2, 0.25) is 0 Å². The maximum absolute atomic E-state index is 4.42. The van der Waals surface area contributed by atoms with Gasteiger partial charge in [0.25, 0.3) is 0 Å². The lowest BCUT2D eigenvalue weighted by Gasteiger charge is -2.29. The van der Waals surface area contributed by atoms with Crippen molar-refractivity contribution in [1.82, 2.24) is 9.55 Å². The number of nitrogens with zero attached hydrogens (tertiary/aromatic N) is 2. The van der Waals surface area contributed by atoms with E-state index < -0.39 is 0 Å². The molecule has 0 aliphatic rings. The Morgan fingerprint density at radius 3 is 1.59 bits per heavy atom. The van der Waals surface area contributed by atoms with Gasteiger partial charge in [0, 0.05) is 18.4 Å². The molecule has 0 N–H and O–H groups in total. The highest BCUT2D eigenvalue weighted by atomic mass is 15.1.